The maximum atomic E-state index is 9.76. The van der Waals surface area contributed by atoms with Crippen molar-refractivity contribution in [1.82, 2.24) is 4.98 Å². The average Bonchev–Trinajstić information content (AvgIpc) is 2.28. The smallest absolute Gasteiger partial charge is 0.149 e. The summed E-state index contributed by atoms with van der Waals surface area (Å²) in [5.74, 6) is 0.298. The minimum atomic E-state index is -0.828. The topological polar surface area (TPSA) is 97.2 Å². The summed E-state index contributed by atoms with van der Waals surface area (Å²) in [4.78, 5) is 4.23. The number of nitrogens with two attached hydrogens (primary N) is 2. The molecule has 1 aromatic heterocycles. The van der Waals surface area contributed by atoms with E-state index >= 15 is 0 Å². The van der Waals surface area contributed by atoms with Gasteiger partial charge < -0.3 is 21.9 Å². The zero-order valence-corrected chi connectivity index (χ0v) is 10.6. The van der Waals surface area contributed by atoms with Crippen LogP contribution in [0.15, 0.2) is 24.3 Å². The Bertz CT molecular complexity index is 575. The Morgan fingerprint density at radius 2 is 1.94 bits per heavy atom. The summed E-state index contributed by atoms with van der Waals surface area (Å²) >= 11 is 0. The Labute approximate surface area is 106 Å². The van der Waals surface area contributed by atoms with Gasteiger partial charge in [0, 0.05) is 11.9 Å². The number of anilines is 3. The molecule has 2 rings (SSSR count). The zero-order valence-electron chi connectivity index (χ0n) is 10.6. The molecule has 6 N–H and O–H groups in total. The lowest BCUT2D eigenvalue weighted by Crippen LogP contribution is -2.29. The molecule has 0 spiro atoms. The van der Waals surface area contributed by atoms with Gasteiger partial charge in [0.15, 0.2) is 0 Å². The van der Waals surface area contributed by atoms with Crippen LogP contribution >= 0.6 is 0 Å². The first-order chi connectivity index (χ1) is 8.38. The van der Waals surface area contributed by atoms with E-state index in [1.165, 1.54) is 0 Å². The summed E-state index contributed by atoms with van der Waals surface area (Å²) < 4.78 is 0. The van der Waals surface area contributed by atoms with E-state index < -0.39 is 5.60 Å². The number of nitrogens with zero attached hydrogens (tertiary/aromatic N) is 1. The lowest BCUT2D eigenvalue weighted by Gasteiger charge is -2.21. The maximum Gasteiger partial charge on any atom is 0.149 e. The highest BCUT2D eigenvalue weighted by Crippen LogP contribution is 2.32. The van der Waals surface area contributed by atoms with Crippen LogP contribution < -0.4 is 16.8 Å². The van der Waals surface area contributed by atoms with Crippen molar-refractivity contribution in [3.63, 3.8) is 0 Å². The zero-order chi connectivity index (χ0) is 13.3. The van der Waals surface area contributed by atoms with Gasteiger partial charge in [-0.1, -0.05) is 18.2 Å². The molecule has 96 valence electrons. The van der Waals surface area contributed by atoms with Gasteiger partial charge in [0.05, 0.1) is 22.5 Å². The van der Waals surface area contributed by atoms with Crippen molar-refractivity contribution in [3.05, 3.63) is 24.3 Å². The SMILES string of the molecule is CC(C)(O)CNc1c(N)c(N)nc2ccccc12. The Morgan fingerprint density at radius 3 is 2.61 bits per heavy atom. The molecular formula is C13H18N4O. The Morgan fingerprint density at radius 1 is 1.28 bits per heavy atom. The second-order valence-corrected chi connectivity index (χ2v) is 4.97. The van der Waals surface area contributed by atoms with E-state index in [0.717, 1.165) is 16.6 Å². The van der Waals surface area contributed by atoms with Gasteiger partial charge in [0.1, 0.15) is 5.82 Å². The van der Waals surface area contributed by atoms with Crippen molar-refractivity contribution in [2.45, 2.75) is 19.4 Å². The minimum Gasteiger partial charge on any atom is -0.394 e. The molecule has 1 heterocycles. The molecule has 0 unspecified atom stereocenters. The lowest BCUT2D eigenvalue weighted by atomic mass is 10.1. The fourth-order valence-electron chi connectivity index (χ4n) is 1.74. The Kier molecular flexibility index (Phi) is 3.00. The third kappa shape index (κ3) is 2.46. The first-order valence-corrected chi connectivity index (χ1v) is 5.78. The van der Waals surface area contributed by atoms with Gasteiger partial charge in [-0.15, -0.1) is 0 Å². The molecule has 0 aliphatic heterocycles. The molecule has 0 aliphatic carbocycles. The predicted octanol–water partition coefficient (Wildman–Crippen LogP) is 1.58. The molecule has 0 aliphatic rings. The van der Waals surface area contributed by atoms with Crippen LogP contribution in [0.25, 0.3) is 10.9 Å². The Hall–Kier alpha value is -2.01. The van der Waals surface area contributed by atoms with Crippen molar-refractivity contribution in [2.75, 3.05) is 23.3 Å². The number of aromatic nitrogens is 1. The number of fused-ring (bicyclic) bond motifs is 1. The van der Waals surface area contributed by atoms with Crippen LogP contribution in [0.2, 0.25) is 0 Å². The van der Waals surface area contributed by atoms with E-state index in [-0.39, 0.29) is 0 Å². The highest BCUT2D eigenvalue weighted by Gasteiger charge is 2.15. The average molecular weight is 246 g/mol. The summed E-state index contributed by atoms with van der Waals surface area (Å²) in [6.07, 6.45) is 0. The van der Waals surface area contributed by atoms with E-state index in [0.29, 0.717) is 18.1 Å². The van der Waals surface area contributed by atoms with Crippen LogP contribution in [0.1, 0.15) is 13.8 Å². The molecular weight excluding hydrogens is 228 g/mol. The second kappa shape index (κ2) is 4.34. The van der Waals surface area contributed by atoms with Gasteiger partial charge in [-0.3, -0.25) is 0 Å². The van der Waals surface area contributed by atoms with E-state index in [1.807, 2.05) is 24.3 Å². The number of benzene rings is 1. The summed E-state index contributed by atoms with van der Waals surface area (Å²) in [7, 11) is 0. The second-order valence-electron chi connectivity index (χ2n) is 4.97. The quantitative estimate of drug-likeness (QED) is 0.659. The molecule has 5 nitrogen and oxygen atoms in total. The molecule has 5 heteroatoms. The molecule has 0 radical (unpaired) electrons. The van der Waals surface area contributed by atoms with Gasteiger partial charge in [-0.2, -0.15) is 0 Å². The number of para-hydroxylation sites is 1. The largest absolute Gasteiger partial charge is 0.394 e. The van der Waals surface area contributed by atoms with Crippen molar-refractivity contribution < 1.29 is 5.11 Å². The third-order valence-corrected chi connectivity index (χ3v) is 2.66. The van der Waals surface area contributed by atoms with Crippen LogP contribution in [-0.2, 0) is 0 Å². The van der Waals surface area contributed by atoms with Crippen LogP contribution in [0.5, 0.6) is 0 Å². The highest BCUT2D eigenvalue weighted by atomic mass is 16.3. The summed E-state index contributed by atoms with van der Waals surface area (Å²) in [6.45, 7) is 3.83. The number of hydrogen-bond acceptors (Lipinski definition) is 5. The van der Waals surface area contributed by atoms with Gasteiger partial charge >= 0.3 is 0 Å². The van der Waals surface area contributed by atoms with Crippen LogP contribution in [0.3, 0.4) is 0 Å². The molecule has 0 atom stereocenters. The van der Waals surface area contributed by atoms with Gasteiger partial charge in [0.25, 0.3) is 0 Å². The number of pyridine rings is 1. The van der Waals surface area contributed by atoms with Crippen LogP contribution in [0.4, 0.5) is 17.2 Å². The first-order valence-electron chi connectivity index (χ1n) is 5.78. The lowest BCUT2D eigenvalue weighted by molar-refractivity contribution is 0.0946. The summed E-state index contributed by atoms with van der Waals surface area (Å²) in [5, 5.41) is 13.8. The van der Waals surface area contributed by atoms with Crippen molar-refractivity contribution in [3.8, 4) is 0 Å². The fraction of sp³-hybridized carbons (Fsp3) is 0.308. The van der Waals surface area contributed by atoms with Gasteiger partial charge in [0.2, 0.25) is 0 Å². The highest BCUT2D eigenvalue weighted by molar-refractivity contribution is 6.00. The van der Waals surface area contributed by atoms with E-state index in [1.54, 1.807) is 13.8 Å². The summed E-state index contributed by atoms with van der Waals surface area (Å²) in [5.41, 5.74) is 12.8. The molecule has 0 saturated heterocycles. The monoisotopic (exact) mass is 246 g/mol. The molecule has 18 heavy (non-hydrogen) atoms. The molecule has 2 aromatic rings. The number of nitrogens with one attached hydrogen (secondary N) is 1. The van der Waals surface area contributed by atoms with Gasteiger partial charge in [-0.05, 0) is 19.9 Å². The van der Waals surface area contributed by atoms with E-state index in [4.69, 9.17) is 11.5 Å². The van der Waals surface area contributed by atoms with E-state index in [9.17, 15) is 5.11 Å². The standard InChI is InChI=1S/C13H18N4O/c1-13(2,18)7-16-11-8-5-3-4-6-9(8)17-12(15)10(11)14/h3-6,18H,7,14H2,1-2H3,(H3,15,16,17). The fourth-order valence-corrected chi connectivity index (χ4v) is 1.74. The number of nitrogen functional groups attached to an aromatic ring is 2. The number of rotatable bonds is 3. The third-order valence-electron chi connectivity index (χ3n) is 2.66. The minimum absolute atomic E-state index is 0.298. The van der Waals surface area contributed by atoms with E-state index in [2.05, 4.69) is 10.3 Å². The van der Waals surface area contributed by atoms with Crippen molar-refractivity contribution >= 4 is 28.1 Å². The molecule has 0 fully saturated rings. The van der Waals surface area contributed by atoms with Crippen molar-refractivity contribution in [2.24, 2.45) is 0 Å². The number of aliphatic hydroxyl groups is 1. The summed E-state index contributed by atoms with van der Waals surface area (Å²) in [6, 6.07) is 7.60. The molecule has 1 aromatic carbocycles. The first kappa shape index (κ1) is 12.4. The maximum absolute atomic E-state index is 9.76. The molecule has 0 saturated carbocycles. The molecule has 0 amide bonds. The van der Waals surface area contributed by atoms with Gasteiger partial charge in [-0.25, -0.2) is 4.98 Å². The molecule has 0 bridgehead atoms. The Balaban J connectivity index is 2.50. The normalized spacial score (nSPS) is 11.7. The predicted molar refractivity (Wildman–Crippen MR) is 75.4 cm³/mol. The van der Waals surface area contributed by atoms with Crippen LogP contribution in [0, 0.1) is 0 Å². The van der Waals surface area contributed by atoms with Crippen molar-refractivity contribution in [1.29, 1.82) is 0 Å². The number of hydrogen-bond donors (Lipinski definition) is 4. The van der Waals surface area contributed by atoms with Crippen LogP contribution in [-0.4, -0.2) is 22.2 Å².